The quantitative estimate of drug-likeness (QED) is 0.824. The van der Waals surface area contributed by atoms with E-state index in [1.54, 1.807) is 12.4 Å². The van der Waals surface area contributed by atoms with E-state index >= 15 is 0 Å². The van der Waals surface area contributed by atoms with Crippen molar-refractivity contribution < 1.29 is 9.32 Å². The number of carbonyl (C=O) groups is 1. The Kier molecular flexibility index (Phi) is 5.03. The third-order valence-electron chi connectivity index (χ3n) is 4.17. The summed E-state index contributed by atoms with van der Waals surface area (Å²) in [5.74, 6) is 1.42. The summed E-state index contributed by atoms with van der Waals surface area (Å²) < 4.78 is 5.40. The summed E-state index contributed by atoms with van der Waals surface area (Å²) in [7, 11) is 0. The number of nitrogens with one attached hydrogen (secondary N) is 1. The lowest BCUT2D eigenvalue weighted by atomic mass is 10.0. The zero-order valence-corrected chi connectivity index (χ0v) is 14.0. The maximum atomic E-state index is 12.3. The molecule has 126 valence electrons. The van der Waals surface area contributed by atoms with Crippen molar-refractivity contribution >= 4 is 5.91 Å². The molecule has 0 aliphatic heterocycles. The maximum Gasteiger partial charge on any atom is 0.249 e. The molecule has 0 saturated heterocycles. The molecule has 0 fully saturated rings. The van der Waals surface area contributed by atoms with Crippen LogP contribution in [0.25, 0.3) is 11.4 Å². The SMILES string of the molecule is CC(C)[C@H](NC(=O)C[C@@H]1C=CCC1)c1nc(-c2cccnc2)no1. The molecule has 3 rings (SSSR count). The van der Waals surface area contributed by atoms with Crippen LogP contribution >= 0.6 is 0 Å². The van der Waals surface area contributed by atoms with Crippen LogP contribution in [0.5, 0.6) is 0 Å². The molecule has 6 nitrogen and oxygen atoms in total. The molecule has 1 aliphatic carbocycles. The first-order chi connectivity index (χ1) is 11.6. The molecule has 1 aliphatic rings. The fraction of sp³-hybridized carbons (Fsp3) is 0.444. The van der Waals surface area contributed by atoms with Crippen LogP contribution in [-0.2, 0) is 4.79 Å². The number of pyridine rings is 1. The Labute approximate surface area is 141 Å². The van der Waals surface area contributed by atoms with Gasteiger partial charge in [-0.05, 0) is 36.8 Å². The Morgan fingerprint density at radius 2 is 2.33 bits per heavy atom. The highest BCUT2D eigenvalue weighted by atomic mass is 16.5. The highest BCUT2D eigenvalue weighted by molar-refractivity contribution is 5.76. The lowest BCUT2D eigenvalue weighted by molar-refractivity contribution is -0.123. The Balaban J connectivity index is 1.70. The standard InChI is InChI=1S/C18H22N4O2/c1-12(2)16(20-15(23)10-13-6-3-4-7-13)18-21-17(22-24-18)14-8-5-9-19-11-14/h3,5-6,8-9,11-13,16H,4,7,10H2,1-2H3,(H,20,23)/t13-,16+/m1/s1. The van der Waals surface area contributed by atoms with Crippen molar-refractivity contribution in [3.05, 3.63) is 42.6 Å². The van der Waals surface area contributed by atoms with Gasteiger partial charge in [0.25, 0.3) is 0 Å². The third kappa shape index (κ3) is 3.88. The number of amides is 1. The van der Waals surface area contributed by atoms with Gasteiger partial charge in [0.05, 0.1) is 0 Å². The van der Waals surface area contributed by atoms with Crippen LogP contribution in [0.3, 0.4) is 0 Å². The molecule has 6 heteroatoms. The molecule has 24 heavy (non-hydrogen) atoms. The molecule has 0 aromatic carbocycles. The highest BCUT2D eigenvalue weighted by Gasteiger charge is 2.26. The Bertz CT molecular complexity index is 709. The average Bonchev–Trinajstić information content (AvgIpc) is 3.25. The fourth-order valence-electron chi connectivity index (χ4n) is 2.82. The van der Waals surface area contributed by atoms with Gasteiger partial charge in [0.2, 0.25) is 17.6 Å². The Morgan fingerprint density at radius 1 is 1.46 bits per heavy atom. The molecule has 0 spiro atoms. The normalized spacial score (nSPS) is 18.0. The van der Waals surface area contributed by atoms with Crippen LogP contribution in [0, 0.1) is 11.8 Å². The summed E-state index contributed by atoms with van der Waals surface area (Å²) in [6.45, 7) is 4.04. The van der Waals surface area contributed by atoms with Crippen molar-refractivity contribution in [1.82, 2.24) is 20.4 Å². The summed E-state index contributed by atoms with van der Waals surface area (Å²) in [6, 6.07) is 3.40. The predicted molar refractivity (Wildman–Crippen MR) is 89.7 cm³/mol. The third-order valence-corrected chi connectivity index (χ3v) is 4.17. The first-order valence-corrected chi connectivity index (χ1v) is 8.33. The summed E-state index contributed by atoms with van der Waals surface area (Å²) in [5, 5.41) is 7.05. The molecule has 2 aromatic heterocycles. The summed E-state index contributed by atoms with van der Waals surface area (Å²) in [5.41, 5.74) is 0.789. The van der Waals surface area contributed by atoms with E-state index in [9.17, 15) is 4.79 Å². The zero-order valence-electron chi connectivity index (χ0n) is 14.0. The summed E-state index contributed by atoms with van der Waals surface area (Å²) >= 11 is 0. The number of hydrogen-bond acceptors (Lipinski definition) is 5. The van der Waals surface area contributed by atoms with Crippen LogP contribution in [0.15, 0.2) is 41.2 Å². The van der Waals surface area contributed by atoms with E-state index in [-0.39, 0.29) is 17.9 Å². The van der Waals surface area contributed by atoms with E-state index in [4.69, 9.17) is 4.52 Å². The molecule has 0 unspecified atom stereocenters. The van der Waals surface area contributed by atoms with Gasteiger partial charge in [-0.1, -0.05) is 31.2 Å². The molecule has 1 N–H and O–H groups in total. The largest absolute Gasteiger partial charge is 0.344 e. The monoisotopic (exact) mass is 326 g/mol. The number of nitrogens with zero attached hydrogens (tertiary/aromatic N) is 3. The molecule has 0 radical (unpaired) electrons. The van der Waals surface area contributed by atoms with Gasteiger partial charge in [0.15, 0.2) is 0 Å². The van der Waals surface area contributed by atoms with Crippen molar-refractivity contribution in [2.45, 2.75) is 39.2 Å². The second-order valence-electron chi connectivity index (χ2n) is 6.46. The Hall–Kier alpha value is -2.50. The van der Waals surface area contributed by atoms with Gasteiger partial charge in [0.1, 0.15) is 6.04 Å². The zero-order chi connectivity index (χ0) is 16.9. The summed E-state index contributed by atoms with van der Waals surface area (Å²) in [4.78, 5) is 20.8. The lowest BCUT2D eigenvalue weighted by Gasteiger charge is -2.19. The van der Waals surface area contributed by atoms with Gasteiger partial charge >= 0.3 is 0 Å². The fourth-order valence-corrected chi connectivity index (χ4v) is 2.82. The minimum atomic E-state index is -0.291. The van der Waals surface area contributed by atoms with Crippen molar-refractivity contribution in [1.29, 1.82) is 0 Å². The van der Waals surface area contributed by atoms with Crippen LogP contribution in [-0.4, -0.2) is 21.0 Å². The van der Waals surface area contributed by atoms with Gasteiger partial charge in [-0.25, -0.2) is 0 Å². The van der Waals surface area contributed by atoms with E-state index in [1.165, 1.54) is 0 Å². The van der Waals surface area contributed by atoms with E-state index in [0.717, 1.165) is 18.4 Å². The van der Waals surface area contributed by atoms with Gasteiger partial charge in [-0.3, -0.25) is 9.78 Å². The molecule has 1 amide bonds. The molecule has 2 heterocycles. The number of carbonyl (C=O) groups excluding carboxylic acids is 1. The maximum absolute atomic E-state index is 12.3. The summed E-state index contributed by atoms with van der Waals surface area (Å²) in [6.07, 6.45) is 10.2. The van der Waals surface area contributed by atoms with Crippen LogP contribution in [0.4, 0.5) is 0 Å². The lowest BCUT2D eigenvalue weighted by Crippen LogP contribution is -2.32. The van der Waals surface area contributed by atoms with Crippen molar-refractivity contribution in [2.24, 2.45) is 11.8 Å². The second-order valence-corrected chi connectivity index (χ2v) is 6.46. The minimum absolute atomic E-state index is 0.0198. The molecular formula is C18H22N4O2. The number of allylic oxidation sites excluding steroid dienone is 2. The molecular weight excluding hydrogens is 304 g/mol. The first-order valence-electron chi connectivity index (χ1n) is 8.33. The molecule has 0 saturated carbocycles. The highest BCUT2D eigenvalue weighted by Crippen LogP contribution is 2.25. The van der Waals surface area contributed by atoms with Gasteiger partial charge in [-0.2, -0.15) is 4.98 Å². The second kappa shape index (κ2) is 7.38. The average molecular weight is 326 g/mol. The topological polar surface area (TPSA) is 80.9 Å². The van der Waals surface area contributed by atoms with Crippen molar-refractivity contribution in [2.75, 3.05) is 0 Å². The van der Waals surface area contributed by atoms with Crippen molar-refractivity contribution in [3.8, 4) is 11.4 Å². The van der Waals surface area contributed by atoms with E-state index in [0.29, 0.717) is 24.1 Å². The first kappa shape index (κ1) is 16.4. The Morgan fingerprint density at radius 3 is 3.00 bits per heavy atom. The molecule has 2 aromatic rings. The van der Waals surface area contributed by atoms with Crippen molar-refractivity contribution in [3.63, 3.8) is 0 Å². The number of aromatic nitrogens is 3. The van der Waals surface area contributed by atoms with Crippen LogP contribution < -0.4 is 5.32 Å². The van der Waals surface area contributed by atoms with Crippen LogP contribution in [0.2, 0.25) is 0 Å². The predicted octanol–water partition coefficient (Wildman–Crippen LogP) is 3.30. The van der Waals surface area contributed by atoms with Crippen LogP contribution in [0.1, 0.15) is 45.0 Å². The van der Waals surface area contributed by atoms with E-state index in [1.807, 2.05) is 26.0 Å². The molecule has 2 atom stereocenters. The van der Waals surface area contributed by atoms with Gasteiger partial charge in [-0.15, -0.1) is 0 Å². The van der Waals surface area contributed by atoms with Gasteiger partial charge < -0.3 is 9.84 Å². The molecule has 0 bridgehead atoms. The smallest absolute Gasteiger partial charge is 0.249 e. The van der Waals surface area contributed by atoms with Gasteiger partial charge in [0, 0.05) is 24.4 Å². The van der Waals surface area contributed by atoms with E-state index < -0.39 is 0 Å². The minimum Gasteiger partial charge on any atom is -0.344 e. The number of rotatable bonds is 6. The number of hydrogen-bond donors (Lipinski definition) is 1. The van der Waals surface area contributed by atoms with E-state index in [2.05, 4.69) is 32.6 Å².